The number of carbonyl (C=O) groups excluding carboxylic acids is 1. The van der Waals surface area contributed by atoms with Gasteiger partial charge in [-0.05, 0) is 30.3 Å². The molecular formula is C13H8Cl3NO. The number of halogens is 3. The van der Waals surface area contributed by atoms with Gasteiger partial charge in [-0.1, -0.05) is 46.9 Å². The molecule has 2 nitrogen and oxygen atoms in total. The average molecular weight is 301 g/mol. The van der Waals surface area contributed by atoms with Crippen molar-refractivity contribution in [3.05, 3.63) is 63.1 Å². The summed E-state index contributed by atoms with van der Waals surface area (Å²) in [4.78, 5) is 12.0. The number of nitrogens with one attached hydrogen (secondary N) is 1. The van der Waals surface area contributed by atoms with Crippen molar-refractivity contribution in [2.45, 2.75) is 0 Å². The lowest BCUT2D eigenvalue weighted by atomic mass is 10.2. The van der Waals surface area contributed by atoms with Gasteiger partial charge in [-0.2, -0.15) is 0 Å². The molecule has 0 fully saturated rings. The topological polar surface area (TPSA) is 29.1 Å². The van der Waals surface area contributed by atoms with Crippen LogP contribution in [0.25, 0.3) is 0 Å². The summed E-state index contributed by atoms with van der Waals surface area (Å²) in [5.41, 5.74) is 0.924. The minimum atomic E-state index is -0.307. The molecule has 0 aliphatic carbocycles. The summed E-state index contributed by atoms with van der Waals surface area (Å²) in [6.07, 6.45) is 0. The van der Waals surface area contributed by atoms with Crippen molar-refractivity contribution in [2.24, 2.45) is 0 Å². The van der Waals surface area contributed by atoms with Gasteiger partial charge in [-0.15, -0.1) is 0 Å². The van der Waals surface area contributed by atoms with Crippen molar-refractivity contribution in [3.8, 4) is 0 Å². The average Bonchev–Trinajstić information content (AvgIpc) is 2.27. The normalized spacial score (nSPS) is 10.2. The van der Waals surface area contributed by atoms with Crippen LogP contribution in [0.4, 0.5) is 5.69 Å². The van der Waals surface area contributed by atoms with Gasteiger partial charge in [-0.25, -0.2) is 0 Å². The highest BCUT2D eigenvalue weighted by atomic mass is 35.5. The first-order valence-corrected chi connectivity index (χ1v) is 6.21. The van der Waals surface area contributed by atoms with E-state index in [4.69, 9.17) is 34.8 Å². The Kier molecular flexibility index (Phi) is 4.12. The Morgan fingerprint density at radius 1 is 0.944 bits per heavy atom. The van der Waals surface area contributed by atoms with Crippen molar-refractivity contribution in [3.63, 3.8) is 0 Å². The minimum absolute atomic E-state index is 0.307. The Morgan fingerprint density at radius 3 is 2.17 bits per heavy atom. The Bertz CT molecular complexity index is 578. The zero-order valence-electron chi connectivity index (χ0n) is 9.08. The molecule has 18 heavy (non-hydrogen) atoms. The van der Waals surface area contributed by atoms with E-state index < -0.39 is 0 Å². The molecule has 0 heterocycles. The van der Waals surface area contributed by atoms with Crippen LogP contribution in [0.3, 0.4) is 0 Å². The fourth-order valence-electron chi connectivity index (χ4n) is 1.47. The van der Waals surface area contributed by atoms with E-state index in [-0.39, 0.29) is 5.91 Å². The van der Waals surface area contributed by atoms with E-state index in [1.165, 1.54) is 0 Å². The maximum Gasteiger partial charge on any atom is 0.257 e. The number of anilines is 1. The molecule has 2 rings (SSSR count). The molecule has 92 valence electrons. The fourth-order valence-corrected chi connectivity index (χ4v) is 2.22. The third kappa shape index (κ3) is 3.16. The summed E-state index contributed by atoms with van der Waals surface area (Å²) < 4.78 is 0. The molecule has 0 atom stereocenters. The first kappa shape index (κ1) is 13.2. The van der Waals surface area contributed by atoms with Gasteiger partial charge >= 0.3 is 0 Å². The van der Waals surface area contributed by atoms with E-state index in [9.17, 15) is 4.79 Å². The third-order valence-corrected chi connectivity index (χ3v) is 3.00. The highest BCUT2D eigenvalue weighted by molar-refractivity contribution is 6.36. The molecule has 2 aromatic rings. The predicted octanol–water partition coefficient (Wildman–Crippen LogP) is 4.90. The van der Waals surface area contributed by atoms with E-state index >= 15 is 0 Å². The number of carbonyl (C=O) groups is 1. The van der Waals surface area contributed by atoms with Crippen LogP contribution in [-0.4, -0.2) is 5.91 Å². The minimum Gasteiger partial charge on any atom is -0.322 e. The van der Waals surface area contributed by atoms with Crippen molar-refractivity contribution >= 4 is 46.4 Å². The second-order valence-electron chi connectivity index (χ2n) is 3.59. The molecule has 2 aromatic carbocycles. The lowest BCUT2D eigenvalue weighted by molar-refractivity contribution is 0.102. The van der Waals surface area contributed by atoms with Crippen LogP contribution in [0.5, 0.6) is 0 Å². The third-order valence-electron chi connectivity index (χ3n) is 2.24. The SMILES string of the molecule is O=C(Nc1cc(Cl)cc(Cl)c1)c1ccccc1Cl. The zero-order valence-corrected chi connectivity index (χ0v) is 11.4. The molecule has 0 saturated carbocycles. The molecule has 1 amide bonds. The van der Waals surface area contributed by atoms with Crippen LogP contribution in [0.1, 0.15) is 10.4 Å². The Morgan fingerprint density at radius 2 is 1.56 bits per heavy atom. The lowest BCUT2D eigenvalue weighted by Crippen LogP contribution is -2.12. The quantitative estimate of drug-likeness (QED) is 0.840. The number of amides is 1. The van der Waals surface area contributed by atoms with Crippen LogP contribution in [0, 0.1) is 0 Å². The summed E-state index contributed by atoms with van der Waals surface area (Å²) in [6.45, 7) is 0. The summed E-state index contributed by atoms with van der Waals surface area (Å²) in [5.74, 6) is -0.307. The molecule has 1 N–H and O–H groups in total. The molecule has 0 saturated heterocycles. The fraction of sp³-hybridized carbons (Fsp3) is 0. The molecule has 0 spiro atoms. The summed E-state index contributed by atoms with van der Waals surface area (Å²) in [7, 11) is 0. The number of hydrogen-bond donors (Lipinski definition) is 1. The second-order valence-corrected chi connectivity index (χ2v) is 4.87. The highest BCUT2D eigenvalue weighted by Gasteiger charge is 2.10. The van der Waals surface area contributed by atoms with E-state index in [1.807, 2.05) is 0 Å². The Hall–Kier alpha value is -1.22. The van der Waals surface area contributed by atoms with Gasteiger partial charge in [0.2, 0.25) is 0 Å². The first-order valence-electron chi connectivity index (χ1n) is 5.08. The van der Waals surface area contributed by atoms with Crippen molar-refractivity contribution < 1.29 is 4.79 Å². The molecule has 0 aliphatic rings. The van der Waals surface area contributed by atoms with Gasteiger partial charge in [0.1, 0.15) is 0 Å². The molecule has 0 radical (unpaired) electrons. The maximum absolute atomic E-state index is 12.0. The van der Waals surface area contributed by atoms with Crippen LogP contribution in [0.2, 0.25) is 15.1 Å². The summed E-state index contributed by atoms with van der Waals surface area (Å²) >= 11 is 17.6. The van der Waals surface area contributed by atoms with Gasteiger partial charge in [0, 0.05) is 15.7 Å². The lowest BCUT2D eigenvalue weighted by Gasteiger charge is -2.07. The van der Waals surface area contributed by atoms with Gasteiger partial charge in [0.05, 0.1) is 10.6 Å². The molecule has 0 unspecified atom stereocenters. The number of rotatable bonds is 2. The van der Waals surface area contributed by atoms with Crippen LogP contribution >= 0.6 is 34.8 Å². The number of hydrogen-bond acceptors (Lipinski definition) is 1. The summed E-state index contributed by atoms with van der Waals surface area (Å²) in [6, 6.07) is 11.6. The van der Waals surface area contributed by atoms with Crippen molar-refractivity contribution in [1.29, 1.82) is 0 Å². The Labute approximate surface area is 119 Å². The van der Waals surface area contributed by atoms with Gasteiger partial charge in [-0.3, -0.25) is 4.79 Å². The van der Waals surface area contributed by atoms with E-state index in [2.05, 4.69) is 5.32 Å². The first-order chi connectivity index (χ1) is 8.56. The van der Waals surface area contributed by atoms with Crippen molar-refractivity contribution in [1.82, 2.24) is 0 Å². The van der Waals surface area contributed by atoms with Gasteiger partial charge < -0.3 is 5.32 Å². The molecule has 0 bridgehead atoms. The van der Waals surface area contributed by atoms with E-state index in [1.54, 1.807) is 42.5 Å². The second kappa shape index (κ2) is 5.61. The molecule has 0 aliphatic heterocycles. The van der Waals surface area contributed by atoms with E-state index in [0.29, 0.717) is 26.3 Å². The van der Waals surface area contributed by atoms with Gasteiger partial charge in [0.15, 0.2) is 0 Å². The van der Waals surface area contributed by atoms with E-state index in [0.717, 1.165) is 0 Å². The van der Waals surface area contributed by atoms with Crippen LogP contribution in [0.15, 0.2) is 42.5 Å². The summed E-state index contributed by atoms with van der Waals surface area (Å²) in [5, 5.41) is 3.99. The largest absolute Gasteiger partial charge is 0.322 e. The Balaban J connectivity index is 2.24. The van der Waals surface area contributed by atoms with Crippen molar-refractivity contribution in [2.75, 3.05) is 5.32 Å². The predicted molar refractivity (Wildman–Crippen MR) is 75.9 cm³/mol. The molecule has 0 aromatic heterocycles. The molecular weight excluding hydrogens is 293 g/mol. The maximum atomic E-state index is 12.0. The molecule has 5 heteroatoms. The smallest absolute Gasteiger partial charge is 0.257 e. The standard InChI is InChI=1S/C13H8Cl3NO/c14-8-5-9(15)7-10(6-8)17-13(18)11-3-1-2-4-12(11)16/h1-7H,(H,17,18). The zero-order chi connectivity index (χ0) is 13.1. The van der Waals surface area contributed by atoms with Crippen LogP contribution < -0.4 is 5.32 Å². The van der Waals surface area contributed by atoms with Crippen LogP contribution in [-0.2, 0) is 0 Å². The highest BCUT2D eigenvalue weighted by Crippen LogP contribution is 2.23. The monoisotopic (exact) mass is 299 g/mol. The van der Waals surface area contributed by atoms with Gasteiger partial charge in [0.25, 0.3) is 5.91 Å². The number of benzene rings is 2.